The maximum Gasteiger partial charge on any atom is 0.0295 e. The number of nitrogens with one attached hydrogen (secondary N) is 1. The number of aryl methyl sites for hydroxylation is 2. The molecule has 0 spiro atoms. The SMILES string of the molecule is CC(NC(CN(C)C)C(C)C)c1ccc2c(c1)CCC2. The normalized spacial score (nSPS) is 17.6. The second-order valence-electron chi connectivity index (χ2n) is 6.88. The van der Waals surface area contributed by atoms with Gasteiger partial charge in [0, 0.05) is 18.6 Å². The van der Waals surface area contributed by atoms with Gasteiger partial charge in [-0.1, -0.05) is 32.0 Å². The van der Waals surface area contributed by atoms with Crippen molar-refractivity contribution >= 4 is 0 Å². The second kappa shape index (κ2) is 6.73. The molecule has 1 aliphatic rings. The zero-order chi connectivity index (χ0) is 14.7. The van der Waals surface area contributed by atoms with Crippen LogP contribution in [0.5, 0.6) is 0 Å². The molecule has 1 N–H and O–H groups in total. The average Bonchev–Trinajstić information content (AvgIpc) is 2.84. The highest BCUT2D eigenvalue weighted by Crippen LogP contribution is 2.25. The van der Waals surface area contributed by atoms with Gasteiger partial charge in [-0.15, -0.1) is 0 Å². The molecule has 0 saturated carbocycles. The Hall–Kier alpha value is -0.860. The molecule has 0 amide bonds. The van der Waals surface area contributed by atoms with Crippen LogP contribution in [0.2, 0.25) is 0 Å². The summed E-state index contributed by atoms with van der Waals surface area (Å²) in [6.07, 6.45) is 3.86. The van der Waals surface area contributed by atoms with Crippen LogP contribution in [0.15, 0.2) is 18.2 Å². The third-order valence-electron chi connectivity index (χ3n) is 4.45. The van der Waals surface area contributed by atoms with Crippen molar-refractivity contribution in [3.05, 3.63) is 34.9 Å². The molecule has 0 radical (unpaired) electrons. The lowest BCUT2D eigenvalue weighted by Gasteiger charge is -2.29. The molecule has 2 nitrogen and oxygen atoms in total. The Kier molecular flexibility index (Phi) is 5.22. The van der Waals surface area contributed by atoms with E-state index >= 15 is 0 Å². The number of hydrogen-bond acceptors (Lipinski definition) is 2. The minimum atomic E-state index is 0.424. The lowest BCUT2D eigenvalue weighted by Crippen LogP contribution is -2.43. The smallest absolute Gasteiger partial charge is 0.0295 e. The van der Waals surface area contributed by atoms with Crippen LogP contribution in [-0.4, -0.2) is 31.6 Å². The van der Waals surface area contributed by atoms with E-state index in [4.69, 9.17) is 0 Å². The number of nitrogens with zero attached hydrogens (tertiary/aromatic N) is 1. The first-order chi connectivity index (χ1) is 9.47. The third kappa shape index (κ3) is 3.83. The van der Waals surface area contributed by atoms with E-state index in [9.17, 15) is 0 Å². The molecule has 1 aliphatic carbocycles. The van der Waals surface area contributed by atoms with E-state index in [2.05, 4.69) is 63.3 Å². The van der Waals surface area contributed by atoms with Gasteiger partial charge < -0.3 is 10.2 Å². The summed E-state index contributed by atoms with van der Waals surface area (Å²) in [5.41, 5.74) is 4.58. The molecule has 2 rings (SSSR count). The minimum Gasteiger partial charge on any atom is -0.308 e. The quantitative estimate of drug-likeness (QED) is 0.855. The van der Waals surface area contributed by atoms with Crippen LogP contribution >= 0.6 is 0 Å². The third-order valence-corrected chi connectivity index (χ3v) is 4.45. The Balaban J connectivity index is 2.04. The first-order valence-electron chi connectivity index (χ1n) is 8.00. The first-order valence-corrected chi connectivity index (χ1v) is 8.00. The van der Waals surface area contributed by atoms with Gasteiger partial charge in [-0.25, -0.2) is 0 Å². The molecule has 2 atom stereocenters. The highest BCUT2D eigenvalue weighted by atomic mass is 15.1. The summed E-state index contributed by atoms with van der Waals surface area (Å²) < 4.78 is 0. The Bertz CT molecular complexity index is 437. The van der Waals surface area contributed by atoms with Crippen molar-refractivity contribution in [2.45, 2.75) is 52.1 Å². The Morgan fingerprint density at radius 3 is 2.45 bits per heavy atom. The fraction of sp³-hybridized carbons (Fsp3) is 0.667. The van der Waals surface area contributed by atoms with Gasteiger partial charge >= 0.3 is 0 Å². The first kappa shape index (κ1) is 15.5. The summed E-state index contributed by atoms with van der Waals surface area (Å²) in [7, 11) is 4.30. The van der Waals surface area contributed by atoms with Crippen LogP contribution in [0.1, 0.15) is 49.9 Å². The summed E-state index contributed by atoms with van der Waals surface area (Å²) >= 11 is 0. The van der Waals surface area contributed by atoms with Crippen LogP contribution in [-0.2, 0) is 12.8 Å². The maximum absolute atomic E-state index is 3.81. The van der Waals surface area contributed by atoms with Crippen molar-refractivity contribution in [3.8, 4) is 0 Å². The Morgan fingerprint density at radius 2 is 1.80 bits per heavy atom. The van der Waals surface area contributed by atoms with Crippen LogP contribution in [0, 0.1) is 5.92 Å². The van der Waals surface area contributed by atoms with E-state index in [1.165, 1.54) is 24.8 Å². The molecule has 0 heterocycles. The van der Waals surface area contributed by atoms with E-state index in [0.717, 1.165) is 6.54 Å². The molecule has 2 heteroatoms. The second-order valence-corrected chi connectivity index (χ2v) is 6.88. The van der Waals surface area contributed by atoms with Gasteiger partial charge in [0.2, 0.25) is 0 Å². The van der Waals surface area contributed by atoms with Gasteiger partial charge in [0.05, 0.1) is 0 Å². The summed E-state index contributed by atoms with van der Waals surface area (Å²) in [5.74, 6) is 0.647. The lowest BCUT2D eigenvalue weighted by molar-refractivity contribution is 0.273. The molecule has 0 aliphatic heterocycles. The molecule has 0 bridgehead atoms. The van der Waals surface area contributed by atoms with E-state index in [1.54, 1.807) is 11.1 Å². The van der Waals surface area contributed by atoms with E-state index in [0.29, 0.717) is 18.0 Å². The van der Waals surface area contributed by atoms with Crippen molar-refractivity contribution < 1.29 is 0 Å². The fourth-order valence-electron chi connectivity index (χ4n) is 3.13. The van der Waals surface area contributed by atoms with Gasteiger partial charge in [-0.2, -0.15) is 0 Å². The lowest BCUT2D eigenvalue weighted by atomic mass is 9.98. The highest BCUT2D eigenvalue weighted by Gasteiger charge is 2.19. The van der Waals surface area contributed by atoms with E-state index in [1.807, 2.05) is 0 Å². The number of likely N-dealkylation sites (N-methyl/N-ethyl adjacent to an activating group) is 1. The largest absolute Gasteiger partial charge is 0.308 e. The molecule has 0 aromatic heterocycles. The van der Waals surface area contributed by atoms with Gasteiger partial charge in [0.1, 0.15) is 0 Å². The van der Waals surface area contributed by atoms with Gasteiger partial charge in [-0.3, -0.25) is 0 Å². The molecule has 2 unspecified atom stereocenters. The van der Waals surface area contributed by atoms with Crippen molar-refractivity contribution in [1.29, 1.82) is 0 Å². The molecule has 1 aromatic rings. The van der Waals surface area contributed by atoms with Gasteiger partial charge in [0.25, 0.3) is 0 Å². The topological polar surface area (TPSA) is 15.3 Å². The number of benzene rings is 1. The number of hydrogen-bond donors (Lipinski definition) is 1. The van der Waals surface area contributed by atoms with Crippen molar-refractivity contribution in [2.75, 3.05) is 20.6 Å². The standard InChI is InChI=1S/C18H30N2/c1-13(2)18(12-20(4)5)19-14(3)16-10-9-15-7-6-8-17(15)11-16/h9-11,13-14,18-19H,6-8,12H2,1-5H3. The monoisotopic (exact) mass is 274 g/mol. The van der Waals surface area contributed by atoms with Crippen molar-refractivity contribution in [3.63, 3.8) is 0 Å². The molecule has 20 heavy (non-hydrogen) atoms. The van der Waals surface area contributed by atoms with E-state index < -0.39 is 0 Å². The number of fused-ring (bicyclic) bond motifs is 1. The van der Waals surface area contributed by atoms with Crippen LogP contribution in [0.25, 0.3) is 0 Å². The Morgan fingerprint density at radius 1 is 1.10 bits per heavy atom. The zero-order valence-corrected chi connectivity index (χ0v) is 13.7. The fourth-order valence-corrected chi connectivity index (χ4v) is 3.13. The Labute approximate surface area is 124 Å². The number of rotatable bonds is 6. The summed E-state index contributed by atoms with van der Waals surface area (Å²) in [4.78, 5) is 2.27. The van der Waals surface area contributed by atoms with Crippen LogP contribution in [0.3, 0.4) is 0 Å². The predicted molar refractivity (Wildman–Crippen MR) is 87.2 cm³/mol. The highest BCUT2D eigenvalue weighted by molar-refractivity contribution is 5.36. The summed E-state index contributed by atoms with van der Waals surface area (Å²) in [5, 5.41) is 3.81. The molecule has 112 valence electrons. The molecule has 0 saturated heterocycles. The zero-order valence-electron chi connectivity index (χ0n) is 13.7. The summed E-state index contributed by atoms with van der Waals surface area (Å²) in [6.45, 7) is 7.99. The van der Waals surface area contributed by atoms with Crippen LogP contribution in [0.4, 0.5) is 0 Å². The maximum atomic E-state index is 3.81. The average molecular weight is 274 g/mol. The van der Waals surface area contributed by atoms with Crippen LogP contribution < -0.4 is 5.32 Å². The molecular formula is C18H30N2. The van der Waals surface area contributed by atoms with Gasteiger partial charge in [-0.05, 0) is 62.9 Å². The van der Waals surface area contributed by atoms with Crippen molar-refractivity contribution in [1.82, 2.24) is 10.2 Å². The van der Waals surface area contributed by atoms with Crippen molar-refractivity contribution in [2.24, 2.45) is 5.92 Å². The van der Waals surface area contributed by atoms with E-state index in [-0.39, 0.29) is 0 Å². The minimum absolute atomic E-state index is 0.424. The predicted octanol–water partition coefficient (Wildman–Crippen LogP) is 3.41. The summed E-state index contributed by atoms with van der Waals surface area (Å²) in [6, 6.07) is 8.04. The van der Waals surface area contributed by atoms with Gasteiger partial charge in [0.15, 0.2) is 0 Å². The molecule has 0 fully saturated rings. The molecule has 1 aromatic carbocycles. The molecular weight excluding hydrogens is 244 g/mol.